The zero-order valence-electron chi connectivity index (χ0n) is 18.0. The van der Waals surface area contributed by atoms with Gasteiger partial charge < -0.3 is 14.8 Å². The first-order valence-electron chi connectivity index (χ1n) is 10.7. The highest BCUT2D eigenvalue weighted by Crippen LogP contribution is 2.29. The number of methoxy groups -OCH3 is 1. The van der Waals surface area contributed by atoms with Crippen molar-refractivity contribution in [3.05, 3.63) is 53.6 Å². The summed E-state index contributed by atoms with van der Waals surface area (Å²) in [6.07, 6.45) is 4.41. The minimum absolute atomic E-state index is 0.0974. The molecule has 7 heteroatoms. The SMILES string of the molecule is COCCCNC(=O)c1cnc(C)nc1C1CCN(CCOc2ccccc2)CC1. The van der Waals surface area contributed by atoms with Gasteiger partial charge >= 0.3 is 0 Å². The summed E-state index contributed by atoms with van der Waals surface area (Å²) in [5.41, 5.74) is 1.48. The first-order chi connectivity index (χ1) is 14.7. The lowest BCUT2D eigenvalue weighted by atomic mass is 9.90. The number of piperidine rings is 1. The Kier molecular flexibility index (Phi) is 8.59. The maximum atomic E-state index is 12.7. The average Bonchev–Trinajstić information content (AvgIpc) is 2.78. The third kappa shape index (κ3) is 6.50. The van der Waals surface area contributed by atoms with Crippen molar-refractivity contribution in [2.75, 3.05) is 46.5 Å². The monoisotopic (exact) mass is 412 g/mol. The summed E-state index contributed by atoms with van der Waals surface area (Å²) in [5.74, 6) is 1.79. The predicted octanol–water partition coefficient (Wildman–Crippen LogP) is 2.81. The molecule has 0 radical (unpaired) electrons. The maximum absolute atomic E-state index is 12.7. The second-order valence-corrected chi connectivity index (χ2v) is 7.60. The van der Waals surface area contributed by atoms with Crippen LogP contribution in [0.2, 0.25) is 0 Å². The lowest BCUT2D eigenvalue weighted by Gasteiger charge is -2.32. The van der Waals surface area contributed by atoms with E-state index in [1.165, 1.54) is 0 Å². The molecule has 0 bridgehead atoms. The number of amides is 1. The molecule has 1 saturated heterocycles. The number of rotatable bonds is 10. The number of benzene rings is 1. The first-order valence-corrected chi connectivity index (χ1v) is 10.7. The lowest BCUT2D eigenvalue weighted by molar-refractivity contribution is 0.0945. The van der Waals surface area contributed by atoms with E-state index >= 15 is 0 Å². The number of carbonyl (C=O) groups excluding carboxylic acids is 1. The summed E-state index contributed by atoms with van der Waals surface area (Å²) in [6, 6.07) is 9.91. The van der Waals surface area contributed by atoms with Gasteiger partial charge in [0.1, 0.15) is 18.2 Å². The Bertz CT molecular complexity index is 792. The molecule has 30 heavy (non-hydrogen) atoms. The third-order valence-electron chi connectivity index (χ3n) is 5.39. The van der Waals surface area contributed by atoms with Crippen molar-refractivity contribution >= 4 is 5.91 Å². The summed E-state index contributed by atoms with van der Waals surface area (Å²) in [5, 5.41) is 2.96. The lowest BCUT2D eigenvalue weighted by Crippen LogP contribution is -2.37. The summed E-state index contributed by atoms with van der Waals surface area (Å²) in [6.45, 7) is 6.61. The summed E-state index contributed by atoms with van der Waals surface area (Å²) >= 11 is 0. The number of ether oxygens (including phenoxy) is 2. The van der Waals surface area contributed by atoms with Crippen molar-refractivity contribution in [1.82, 2.24) is 20.2 Å². The van der Waals surface area contributed by atoms with Crippen molar-refractivity contribution in [3.63, 3.8) is 0 Å². The molecule has 7 nitrogen and oxygen atoms in total. The summed E-state index contributed by atoms with van der Waals surface area (Å²) in [7, 11) is 1.66. The molecular weight excluding hydrogens is 380 g/mol. The molecule has 1 fully saturated rings. The van der Waals surface area contributed by atoms with E-state index in [2.05, 4.69) is 20.2 Å². The van der Waals surface area contributed by atoms with Crippen molar-refractivity contribution < 1.29 is 14.3 Å². The summed E-state index contributed by atoms with van der Waals surface area (Å²) in [4.78, 5) is 24.0. The van der Waals surface area contributed by atoms with E-state index in [-0.39, 0.29) is 11.8 Å². The fourth-order valence-corrected chi connectivity index (χ4v) is 3.73. The molecule has 0 spiro atoms. The molecule has 1 aliphatic rings. The van der Waals surface area contributed by atoms with Gasteiger partial charge in [-0.25, -0.2) is 9.97 Å². The number of para-hydroxylation sites is 1. The molecular formula is C23H32N4O3. The topological polar surface area (TPSA) is 76.6 Å². The Balaban J connectivity index is 1.51. The minimum Gasteiger partial charge on any atom is -0.492 e. The Morgan fingerprint density at radius 1 is 1.20 bits per heavy atom. The molecule has 2 heterocycles. The number of carbonyl (C=O) groups is 1. The van der Waals surface area contributed by atoms with Gasteiger partial charge in [0.05, 0.1) is 11.3 Å². The van der Waals surface area contributed by atoms with Crippen LogP contribution in [-0.4, -0.2) is 67.3 Å². The molecule has 1 aromatic heterocycles. The fraction of sp³-hybridized carbons (Fsp3) is 0.522. The van der Waals surface area contributed by atoms with Crippen LogP contribution in [0.3, 0.4) is 0 Å². The molecule has 1 N–H and O–H groups in total. The highest BCUT2D eigenvalue weighted by atomic mass is 16.5. The first kappa shape index (κ1) is 22.2. The number of hydrogen-bond donors (Lipinski definition) is 1. The van der Waals surface area contributed by atoms with Crippen LogP contribution in [0, 0.1) is 6.92 Å². The molecule has 3 rings (SSSR count). The summed E-state index contributed by atoms with van der Waals surface area (Å²) < 4.78 is 10.9. The Hall–Kier alpha value is -2.51. The van der Waals surface area contributed by atoms with Gasteiger partial charge in [0.2, 0.25) is 0 Å². The molecule has 0 aliphatic carbocycles. The van der Waals surface area contributed by atoms with Crippen LogP contribution < -0.4 is 10.1 Å². The van der Waals surface area contributed by atoms with Gasteiger partial charge in [-0.1, -0.05) is 18.2 Å². The molecule has 0 atom stereocenters. The minimum atomic E-state index is -0.0974. The molecule has 1 aromatic carbocycles. The third-order valence-corrected chi connectivity index (χ3v) is 5.39. The van der Waals surface area contributed by atoms with Gasteiger partial charge in [0.25, 0.3) is 5.91 Å². The highest BCUT2D eigenvalue weighted by molar-refractivity contribution is 5.95. The second-order valence-electron chi connectivity index (χ2n) is 7.60. The van der Waals surface area contributed by atoms with Gasteiger partial charge in [-0.15, -0.1) is 0 Å². The average molecular weight is 413 g/mol. The van der Waals surface area contributed by atoms with Crippen LogP contribution in [-0.2, 0) is 4.74 Å². The second kappa shape index (κ2) is 11.6. The van der Waals surface area contributed by atoms with Crippen molar-refractivity contribution in [2.45, 2.75) is 32.1 Å². The molecule has 0 unspecified atom stereocenters. The van der Waals surface area contributed by atoms with E-state index in [0.717, 1.165) is 50.3 Å². The number of aryl methyl sites for hydroxylation is 1. The van der Waals surface area contributed by atoms with Crippen LogP contribution >= 0.6 is 0 Å². The Morgan fingerprint density at radius 2 is 1.97 bits per heavy atom. The van der Waals surface area contributed by atoms with Gasteiger partial charge in [0, 0.05) is 38.9 Å². The maximum Gasteiger partial charge on any atom is 0.254 e. The van der Waals surface area contributed by atoms with Gasteiger partial charge in [-0.2, -0.15) is 0 Å². The Morgan fingerprint density at radius 3 is 2.70 bits per heavy atom. The molecule has 2 aromatic rings. The quantitative estimate of drug-likeness (QED) is 0.605. The van der Waals surface area contributed by atoms with Crippen LogP contribution in [0.15, 0.2) is 36.5 Å². The van der Waals surface area contributed by atoms with Crippen LogP contribution in [0.4, 0.5) is 0 Å². The largest absolute Gasteiger partial charge is 0.492 e. The molecule has 1 amide bonds. The van der Waals surface area contributed by atoms with Crippen LogP contribution in [0.25, 0.3) is 0 Å². The standard InChI is InChI=1S/C23H32N4O3/c1-18-25-17-21(23(28)24-11-6-15-29-2)22(26-18)19-9-12-27(13-10-19)14-16-30-20-7-4-3-5-8-20/h3-5,7-8,17,19H,6,9-16H2,1-2H3,(H,24,28). The van der Waals surface area contributed by atoms with E-state index < -0.39 is 0 Å². The van der Waals surface area contributed by atoms with E-state index in [9.17, 15) is 4.79 Å². The number of likely N-dealkylation sites (tertiary alicyclic amines) is 1. The normalized spacial score (nSPS) is 15.1. The molecule has 162 valence electrons. The van der Waals surface area contributed by atoms with Crippen molar-refractivity contribution in [2.24, 2.45) is 0 Å². The van der Waals surface area contributed by atoms with Gasteiger partial charge in [0.15, 0.2) is 0 Å². The zero-order valence-corrected chi connectivity index (χ0v) is 18.0. The van der Waals surface area contributed by atoms with Crippen LogP contribution in [0.5, 0.6) is 5.75 Å². The van der Waals surface area contributed by atoms with Crippen LogP contribution in [0.1, 0.15) is 47.1 Å². The van der Waals surface area contributed by atoms with E-state index in [4.69, 9.17) is 9.47 Å². The smallest absolute Gasteiger partial charge is 0.254 e. The van der Waals surface area contributed by atoms with Gasteiger partial charge in [-0.3, -0.25) is 9.69 Å². The van der Waals surface area contributed by atoms with E-state index in [1.54, 1.807) is 13.3 Å². The zero-order chi connectivity index (χ0) is 21.2. The number of nitrogens with one attached hydrogen (secondary N) is 1. The Labute approximate surface area is 178 Å². The number of hydrogen-bond acceptors (Lipinski definition) is 6. The van der Waals surface area contributed by atoms with Crippen molar-refractivity contribution in [1.29, 1.82) is 0 Å². The number of nitrogens with zero attached hydrogens (tertiary/aromatic N) is 3. The highest BCUT2D eigenvalue weighted by Gasteiger charge is 2.26. The molecule has 0 saturated carbocycles. The van der Waals surface area contributed by atoms with Crippen molar-refractivity contribution in [3.8, 4) is 5.75 Å². The predicted molar refractivity (Wildman–Crippen MR) is 116 cm³/mol. The van der Waals surface area contributed by atoms with Gasteiger partial charge in [-0.05, 0) is 51.4 Å². The fourth-order valence-electron chi connectivity index (χ4n) is 3.73. The number of aromatic nitrogens is 2. The molecule has 1 aliphatic heterocycles. The van der Waals surface area contributed by atoms with E-state index in [1.807, 2.05) is 37.3 Å². The van der Waals surface area contributed by atoms with E-state index in [0.29, 0.717) is 31.1 Å².